The van der Waals surface area contributed by atoms with E-state index in [0.717, 1.165) is 25.5 Å². The number of allylic oxidation sites excluding steroid dienone is 1. The van der Waals surface area contributed by atoms with Crippen molar-refractivity contribution in [1.82, 2.24) is 15.1 Å². The van der Waals surface area contributed by atoms with Crippen LogP contribution in [0.5, 0.6) is 0 Å². The van der Waals surface area contributed by atoms with E-state index in [1.807, 2.05) is 13.1 Å². The monoisotopic (exact) mass is 408 g/mol. The molecule has 0 radical (unpaired) electrons. The van der Waals surface area contributed by atoms with Gasteiger partial charge in [-0.25, -0.2) is 0 Å². The highest BCUT2D eigenvalue weighted by Crippen LogP contribution is 2.13. The van der Waals surface area contributed by atoms with Gasteiger partial charge in [-0.2, -0.15) is 0 Å². The van der Waals surface area contributed by atoms with E-state index in [-0.39, 0.29) is 24.0 Å². The third-order valence-electron chi connectivity index (χ3n) is 4.14. The molecule has 1 heterocycles. The molecule has 0 saturated carbocycles. The van der Waals surface area contributed by atoms with E-state index < -0.39 is 0 Å². The predicted octanol–water partition coefficient (Wildman–Crippen LogP) is 2.95. The number of guanidine groups is 1. The first-order valence-corrected chi connectivity index (χ1v) is 7.92. The van der Waals surface area contributed by atoms with Crippen molar-refractivity contribution in [3.8, 4) is 0 Å². The van der Waals surface area contributed by atoms with Crippen LogP contribution >= 0.6 is 24.0 Å². The van der Waals surface area contributed by atoms with Crippen molar-refractivity contribution in [2.75, 3.05) is 40.8 Å². The Morgan fingerprint density at radius 2 is 2.19 bits per heavy atom. The zero-order valence-corrected chi connectivity index (χ0v) is 16.3. The van der Waals surface area contributed by atoms with E-state index in [2.05, 4.69) is 40.8 Å². The van der Waals surface area contributed by atoms with Crippen LogP contribution in [0.25, 0.3) is 0 Å². The lowest BCUT2D eigenvalue weighted by molar-refractivity contribution is 0.306. The van der Waals surface area contributed by atoms with Crippen LogP contribution < -0.4 is 5.32 Å². The Labute approximate surface area is 148 Å². The van der Waals surface area contributed by atoms with Gasteiger partial charge in [0, 0.05) is 33.2 Å². The van der Waals surface area contributed by atoms with E-state index in [9.17, 15) is 0 Å². The molecule has 1 atom stereocenters. The maximum atomic E-state index is 4.39. The molecule has 1 fully saturated rings. The Morgan fingerprint density at radius 1 is 1.43 bits per heavy atom. The average molecular weight is 408 g/mol. The molecule has 0 aromatic carbocycles. The lowest BCUT2D eigenvalue weighted by Gasteiger charge is -2.25. The molecule has 1 rings (SSSR count). The molecule has 1 aliphatic heterocycles. The maximum absolute atomic E-state index is 4.39. The topological polar surface area (TPSA) is 30.9 Å². The molecule has 124 valence electrons. The van der Waals surface area contributed by atoms with Crippen molar-refractivity contribution >= 4 is 29.9 Å². The van der Waals surface area contributed by atoms with Crippen molar-refractivity contribution in [2.45, 2.75) is 44.6 Å². The van der Waals surface area contributed by atoms with Gasteiger partial charge in [0.2, 0.25) is 0 Å². The van der Waals surface area contributed by atoms with Crippen LogP contribution in [0, 0.1) is 0 Å². The van der Waals surface area contributed by atoms with Gasteiger partial charge in [-0.05, 0) is 45.7 Å². The van der Waals surface area contributed by atoms with Gasteiger partial charge < -0.3 is 15.1 Å². The first kappa shape index (κ1) is 20.7. The predicted molar refractivity (Wildman–Crippen MR) is 104 cm³/mol. The highest BCUT2D eigenvalue weighted by atomic mass is 127. The molecule has 1 unspecified atom stereocenters. The Morgan fingerprint density at radius 3 is 2.76 bits per heavy atom. The van der Waals surface area contributed by atoms with Gasteiger partial charge in [0.05, 0.1) is 0 Å². The fourth-order valence-electron chi connectivity index (χ4n) is 2.75. The van der Waals surface area contributed by atoms with Crippen molar-refractivity contribution in [2.24, 2.45) is 4.99 Å². The number of nitrogens with one attached hydrogen (secondary N) is 1. The molecule has 21 heavy (non-hydrogen) atoms. The van der Waals surface area contributed by atoms with E-state index in [1.54, 1.807) is 0 Å². The number of unbranched alkanes of at least 4 members (excludes halogenated alkanes) is 3. The van der Waals surface area contributed by atoms with Crippen LogP contribution in [0.2, 0.25) is 0 Å². The minimum atomic E-state index is 0. The summed E-state index contributed by atoms with van der Waals surface area (Å²) >= 11 is 0. The van der Waals surface area contributed by atoms with Crippen molar-refractivity contribution in [3.05, 3.63) is 12.7 Å². The third-order valence-corrected chi connectivity index (χ3v) is 4.14. The minimum Gasteiger partial charge on any atom is -0.355 e. The molecule has 0 amide bonds. The lowest BCUT2D eigenvalue weighted by Crippen LogP contribution is -2.44. The largest absolute Gasteiger partial charge is 0.355 e. The van der Waals surface area contributed by atoms with Gasteiger partial charge in [0.1, 0.15) is 0 Å². The zero-order chi connectivity index (χ0) is 14.8. The van der Waals surface area contributed by atoms with E-state index in [4.69, 9.17) is 0 Å². The summed E-state index contributed by atoms with van der Waals surface area (Å²) in [6.07, 6.45) is 9.47. The van der Waals surface area contributed by atoms with Crippen LogP contribution in [-0.4, -0.2) is 62.6 Å². The molecule has 1 N–H and O–H groups in total. The van der Waals surface area contributed by atoms with Crippen molar-refractivity contribution in [3.63, 3.8) is 0 Å². The number of likely N-dealkylation sites (N-methyl/N-ethyl adjacent to an activating group) is 1. The number of rotatable bonds is 8. The average Bonchev–Trinajstić information content (AvgIpc) is 2.85. The highest BCUT2D eigenvalue weighted by Gasteiger charge is 2.21. The number of likely N-dealkylation sites (tertiary alicyclic amines) is 1. The van der Waals surface area contributed by atoms with Gasteiger partial charge in [0.25, 0.3) is 0 Å². The minimum absolute atomic E-state index is 0. The molecule has 0 aromatic rings. The summed E-state index contributed by atoms with van der Waals surface area (Å²) in [6.45, 7) is 7.06. The van der Waals surface area contributed by atoms with Gasteiger partial charge in [-0.3, -0.25) is 4.99 Å². The van der Waals surface area contributed by atoms with E-state index >= 15 is 0 Å². The van der Waals surface area contributed by atoms with Gasteiger partial charge >= 0.3 is 0 Å². The molecule has 5 heteroatoms. The number of aliphatic imine (C=N–C) groups is 1. The summed E-state index contributed by atoms with van der Waals surface area (Å²) in [7, 11) is 6.21. The first-order valence-electron chi connectivity index (χ1n) is 7.92. The molecular formula is C16H33IN4. The summed E-state index contributed by atoms with van der Waals surface area (Å²) in [5.41, 5.74) is 0. The third kappa shape index (κ3) is 8.04. The van der Waals surface area contributed by atoms with Crippen LogP contribution in [0.15, 0.2) is 17.6 Å². The number of halogens is 1. The molecule has 1 saturated heterocycles. The lowest BCUT2D eigenvalue weighted by atomic mass is 10.2. The van der Waals surface area contributed by atoms with Gasteiger partial charge in [-0.1, -0.05) is 12.5 Å². The Bertz CT molecular complexity index is 307. The molecule has 4 nitrogen and oxygen atoms in total. The second-order valence-corrected chi connectivity index (χ2v) is 5.76. The van der Waals surface area contributed by atoms with Crippen molar-refractivity contribution in [1.29, 1.82) is 0 Å². The Kier molecular flexibility index (Phi) is 12.1. The summed E-state index contributed by atoms with van der Waals surface area (Å²) < 4.78 is 0. The molecule has 0 bridgehead atoms. The summed E-state index contributed by atoms with van der Waals surface area (Å²) in [5, 5.41) is 3.51. The van der Waals surface area contributed by atoms with Crippen LogP contribution in [0.1, 0.15) is 38.5 Å². The smallest absolute Gasteiger partial charge is 0.193 e. The first-order chi connectivity index (χ1) is 9.69. The van der Waals surface area contributed by atoms with E-state index in [1.165, 1.54) is 38.6 Å². The van der Waals surface area contributed by atoms with Gasteiger partial charge in [-0.15, -0.1) is 30.6 Å². The number of hydrogen-bond donors (Lipinski definition) is 1. The summed E-state index contributed by atoms with van der Waals surface area (Å²) in [6, 6.07) is 0.660. The van der Waals surface area contributed by atoms with E-state index in [0.29, 0.717) is 6.04 Å². The number of nitrogens with zero attached hydrogens (tertiary/aromatic N) is 3. The second-order valence-electron chi connectivity index (χ2n) is 5.76. The Balaban J connectivity index is 0.00000400. The fourth-order valence-corrected chi connectivity index (χ4v) is 2.75. The molecule has 0 spiro atoms. The maximum Gasteiger partial charge on any atom is 0.193 e. The number of hydrogen-bond acceptors (Lipinski definition) is 2. The SMILES string of the molecule is C=CCCCCCN(C)C(=NC)NCC1CCCN1C.I. The standard InChI is InChI=1S/C16H32N4.HI/c1-5-6-7-8-9-12-20(4)16(17-2)18-14-15-11-10-13-19(15)3;/h5,15H,1,6-14H2,2-4H3,(H,17,18);1H. The zero-order valence-electron chi connectivity index (χ0n) is 14.0. The fraction of sp³-hybridized carbons (Fsp3) is 0.812. The van der Waals surface area contributed by atoms with Gasteiger partial charge in [0.15, 0.2) is 5.96 Å². The quantitative estimate of drug-likeness (QED) is 0.220. The summed E-state index contributed by atoms with van der Waals surface area (Å²) in [4.78, 5) is 9.06. The normalized spacial score (nSPS) is 19.2. The molecule has 0 aromatic heterocycles. The van der Waals surface area contributed by atoms with Crippen LogP contribution in [0.4, 0.5) is 0 Å². The second kappa shape index (κ2) is 12.3. The molecule has 1 aliphatic rings. The molecular weight excluding hydrogens is 375 g/mol. The van der Waals surface area contributed by atoms with Crippen molar-refractivity contribution < 1.29 is 0 Å². The highest BCUT2D eigenvalue weighted by molar-refractivity contribution is 14.0. The van der Waals surface area contributed by atoms with Crippen LogP contribution in [0.3, 0.4) is 0 Å². The van der Waals surface area contributed by atoms with Crippen LogP contribution in [-0.2, 0) is 0 Å². The Hall–Kier alpha value is -0.300. The molecule has 0 aliphatic carbocycles. The summed E-state index contributed by atoms with van der Waals surface area (Å²) in [5.74, 6) is 1.02.